The number of hydrogen-bond acceptors (Lipinski definition) is 4. The Morgan fingerprint density at radius 3 is 2.59 bits per heavy atom. The van der Waals surface area contributed by atoms with E-state index in [2.05, 4.69) is 24.4 Å². The molecule has 172 valence electrons. The highest BCUT2D eigenvalue weighted by Gasteiger charge is 2.29. The average molecular weight is 438 g/mol. The van der Waals surface area contributed by atoms with E-state index in [0.29, 0.717) is 25.6 Å². The van der Waals surface area contributed by atoms with Gasteiger partial charge in [-0.3, -0.25) is 9.78 Å². The lowest BCUT2D eigenvalue weighted by Crippen LogP contribution is -2.42. The molecule has 6 heteroatoms. The van der Waals surface area contributed by atoms with Gasteiger partial charge in [0.05, 0.1) is 11.1 Å². The van der Waals surface area contributed by atoms with Crippen LogP contribution in [0.1, 0.15) is 73.6 Å². The molecule has 1 aromatic heterocycles. The molecule has 1 N–H and O–H groups in total. The normalized spacial score (nSPS) is 17.2. The number of benzene rings is 1. The molecule has 2 heterocycles. The predicted octanol–water partition coefficient (Wildman–Crippen LogP) is 4.80. The number of aromatic nitrogens is 1. The van der Waals surface area contributed by atoms with Crippen LogP contribution in [0.25, 0.3) is 10.9 Å². The fraction of sp³-hybridized carbons (Fsp3) is 0.577. The van der Waals surface area contributed by atoms with Gasteiger partial charge in [0.2, 0.25) is 0 Å². The molecule has 1 aliphatic carbocycles. The van der Waals surface area contributed by atoms with Crippen LogP contribution in [0.3, 0.4) is 0 Å². The van der Waals surface area contributed by atoms with Crippen LogP contribution in [-0.2, 0) is 17.6 Å². The summed E-state index contributed by atoms with van der Waals surface area (Å²) in [5, 5.41) is 3.87. The number of ether oxygens (including phenoxy) is 1. The zero-order valence-corrected chi connectivity index (χ0v) is 19.8. The Morgan fingerprint density at radius 2 is 1.88 bits per heavy atom. The van der Waals surface area contributed by atoms with Crippen LogP contribution in [0.2, 0.25) is 0 Å². The maximum atomic E-state index is 13.7. The predicted molar refractivity (Wildman–Crippen MR) is 126 cm³/mol. The zero-order valence-electron chi connectivity index (χ0n) is 19.8. The summed E-state index contributed by atoms with van der Waals surface area (Å²) in [7, 11) is 0. The van der Waals surface area contributed by atoms with E-state index >= 15 is 0 Å². The van der Waals surface area contributed by atoms with E-state index in [0.717, 1.165) is 71.8 Å². The van der Waals surface area contributed by atoms with E-state index < -0.39 is 5.60 Å². The summed E-state index contributed by atoms with van der Waals surface area (Å²) in [5.41, 5.74) is 4.72. The standard InChI is InChI=1S/C26H35N3O3/c1-17-9-10-22-20(15-17)23(19-7-5-6-8-21(19)28-22)24(30)29-13-11-18(12-14-29)16-27-25(31)32-26(2,3)4/h9-10,15,18H,5-8,11-14,16H2,1-4H3,(H,27,31). The Kier molecular flexibility index (Phi) is 6.40. The van der Waals surface area contributed by atoms with Gasteiger partial charge >= 0.3 is 6.09 Å². The van der Waals surface area contributed by atoms with E-state index in [4.69, 9.17) is 9.72 Å². The quantitative estimate of drug-likeness (QED) is 0.749. The van der Waals surface area contributed by atoms with Gasteiger partial charge in [-0.1, -0.05) is 11.6 Å². The van der Waals surface area contributed by atoms with Crippen molar-refractivity contribution in [2.45, 2.75) is 71.8 Å². The van der Waals surface area contributed by atoms with Crippen LogP contribution < -0.4 is 5.32 Å². The van der Waals surface area contributed by atoms with Crippen LogP contribution >= 0.6 is 0 Å². The number of hydrogen-bond donors (Lipinski definition) is 1. The number of carbonyl (C=O) groups excluding carboxylic acids is 2. The van der Waals surface area contributed by atoms with Gasteiger partial charge in [0, 0.05) is 30.7 Å². The van der Waals surface area contributed by atoms with Gasteiger partial charge in [-0.15, -0.1) is 0 Å². The number of nitrogens with zero attached hydrogens (tertiary/aromatic N) is 2. The van der Waals surface area contributed by atoms with Gasteiger partial charge in [-0.25, -0.2) is 4.79 Å². The van der Waals surface area contributed by atoms with Crippen molar-refractivity contribution in [1.29, 1.82) is 0 Å². The average Bonchev–Trinajstić information content (AvgIpc) is 2.75. The molecule has 4 rings (SSSR count). The maximum absolute atomic E-state index is 13.7. The maximum Gasteiger partial charge on any atom is 0.407 e. The summed E-state index contributed by atoms with van der Waals surface area (Å²) in [4.78, 5) is 32.6. The Hall–Kier alpha value is -2.63. The van der Waals surface area contributed by atoms with Crippen molar-refractivity contribution in [3.8, 4) is 0 Å². The van der Waals surface area contributed by atoms with Crippen molar-refractivity contribution >= 4 is 22.9 Å². The molecular weight excluding hydrogens is 402 g/mol. The molecule has 0 spiro atoms. The van der Waals surface area contributed by atoms with Crippen LogP contribution in [0.4, 0.5) is 4.79 Å². The van der Waals surface area contributed by atoms with Crippen LogP contribution in [0.5, 0.6) is 0 Å². The molecule has 2 aliphatic rings. The van der Waals surface area contributed by atoms with Gasteiger partial charge in [0.25, 0.3) is 5.91 Å². The van der Waals surface area contributed by atoms with Gasteiger partial charge in [-0.2, -0.15) is 0 Å². The molecule has 0 radical (unpaired) electrons. The summed E-state index contributed by atoms with van der Waals surface area (Å²) < 4.78 is 5.33. The lowest BCUT2D eigenvalue weighted by molar-refractivity contribution is 0.0500. The number of alkyl carbamates (subject to hydrolysis) is 1. The summed E-state index contributed by atoms with van der Waals surface area (Å²) in [5.74, 6) is 0.497. The SMILES string of the molecule is Cc1ccc2nc3c(c(C(=O)N4CCC(CNC(=O)OC(C)(C)C)CC4)c2c1)CCCC3. The summed E-state index contributed by atoms with van der Waals surface area (Å²) >= 11 is 0. The number of amides is 2. The third-order valence-corrected chi connectivity index (χ3v) is 6.47. The highest BCUT2D eigenvalue weighted by Crippen LogP contribution is 2.32. The molecule has 1 aromatic carbocycles. The Labute approximate surface area is 190 Å². The second kappa shape index (κ2) is 9.08. The Morgan fingerprint density at radius 1 is 1.16 bits per heavy atom. The number of pyridine rings is 1. The molecule has 0 atom stereocenters. The zero-order chi connectivity index (χ0) is 22.9. The highest BCUT2D eigenvalue weighted by molar-refractivity contribution is 6.08. The smallest absolute Gasteiger partial charge is 0.407 e. The fourth-order valence-electron chi connectivity index (χ4n) is 4.82. The molecule has 32 heavy (non-hydrogen) atoms. The minimum atomic E-state index is -0.495. The number of rotatable bonds is 3. The van der Waals surface area contributed by atoms with Crippen molar-refractivity contribution in [3.05, 3.63) is 40.6 Å². The number of likely N-dealkylation sites (tertiary alicyclic amines) is 1. The molecule has 0 unspecified atom stereocenters. The molecule has 1 fully saturated rings. The summed E-state index contributed by atoms with van der Waals surface area (Å²) in [6, 6.07) is 6.23. The van der Waals surface area contributed by atoms with Gasteiger partial charge in [0.1, 0.15) is 5.60 Å². The molecular formula is C26H35N3O3. The van der Waals surface area contributed by atoms with Crippen molar-refractivity contribution < 1.29 is 14.3 Å². The van der Waals surface area contributed by atoms with E-state index in [1.54, 1.807) is 0 Å². The Balaban J connectivity index is 1.47. The van der Waals surface area contributed by atoms with E-state index in [9.17, 15) is 9.59 Å². The molecule has 2 aromatic rings. The summed E-state index contributed by atoms with van der Waals surface area (Å²) in [6.07, 6.45) is 5.53. The topological polar surface area (TPSA) is 71.5 Å². The van der Waals surface area contributed by atoms with Crippen LogP contribution in [0.15, 0.2) is 18.2 Å². The molecule has 1 saturated heterocycles. The number of carbonyl (C=O) groups is 2. The van der Waals surface area contributed by atoms with Crippen molar-refractivity contribution in [1.82, 2.24) is 15.2 Å². The van der Waals surface area contributed by atoms with Crippen LogP contribution in [0, 0.1) is 12.8 Å². The van der Waals surface area contributed by atoms with Crippen molar-refractivity contribution in [2.75, 3.05) is 19.6 Å². The third-order valence-electron chi connectivity index (χ3n) is 6.47. The first-order valence-corrected chi connectivity index (χ1v) is 11.9. The van der Waals surface area contributed by atoms with Crippen molar-refractivity contribution in [2.24, 2.45) is 5.92 Å². The van der Waals surface area contributed by atoms with E-state index in [-0.39, 0.29) is 12.0 Å². The minimum Gasteiger partial charge on any atom is -0.444 e. The number of aryl methyl sites for hydroxylation is 2. The fourth-order valence-corrected chi connectivity index (χ4v) is 4.82. The van der Waals surface area contributed by atoms with Gasteiger partial charge in [0.15, 0.2) is 0 Å². The lowest BCUT2D eigenvalue weighted by Gasteiger charge is -2.33. The third kappa shape index (κ3) is 5.05. The van der Waals surface area contributed by atoms with Crippen LogP contribution in [-0.4, -0.2) is 47.1 Å². The highest BCUT2D eigenvalue weighted by atomic mass is 16.6. The second-order valence-corrected chi connectivity index (χ2v) is 10.3. The van der Waals surface area contributed by atoms with Crippen molar-refractivity contribution in [3.63, 3.8) is 0 Å². The van der Waals surface area contributed by atoms with Gasteiger partial charge < -0.3 is 15.0 Å². The number of fused-ring (bicyclic) bond motifs is 2. The molecule has 0 bridgehead atoms. The first kappa shape index (κ1) is 22.6. The minimum absolute atomic E-state index is 0.139. The number of nitrogens with one attached hydrogen (secondary N) is 1. The molecule has 6 nitrogen and oxygen atoms in total. The van der Waals surface area contributed by atoms with E-state index in [1.807, 2.05) is 31.7 Å². The summed E-state index contributed by atoms with van der Waals surface area (Å²) in [6.45, 7) is 9.66. The lowest BCUT2D eigenvalue weighted by atomic mass is 9.88. The molecule has 1 aliphatic heterocycles. The van der Waals surface area contributed by atoms with Gasteiger partial charge in [-0.05, 0) is 89.8 Å². The van der Waals surface area contributed by atoms with E-state index in [1.165, 1.54) is 0 Å². The molecule has 0 saturated carbocycles. The molecule has 2 amide bonds. The number of piperidine rings is 1. The monoisotopic (exact) mass is 437 g/mol. The Bertz CT molecular complexity index is 1020. The first-order chi connectivity index (χ1) is 15.2. The largest absolute Gasteiger partial charge is 0.444 e. The first-order valence-electron chi connectivity index (χ1n) is 11.9. The second-order valence-electron chi connectivity index (χ2n) is 10.3.